The molecule has 0 radical (unpaired) electrons. The number of ether oxygens (including phenoxy) is 1. The first-order valence-electron chi connectivity index (χ1n) is 6.30. The minimum Gasteiger partial charge on any atom is -0.457 e. The van der Waals surface area contributed by atoms with Crippen LogP contribution in [0.4, 0.5) is 4.79 Å². The van der Waals surface area contributed by atoms with Crippen LogP contribution in [0, 0.1) is 0 Å². The highest BCUT2D eigenvalue weighted by atomic mass is 32.2. The van der Waals surface area contributed by atoms with Gasteiger partial charge in [-0.1, -0.05) is 30.3 Å². The van der Waals surface area contributed by atoms with E-state index in [0.29, 0.717) is 5.88 Å². The Morgan fingerprint density at radius 2 is 1.85 bits per heavy atom. The van der Waals surface area contributed by atoms with E-state index in [0.717, 1.165) is 17.1 Å². The number of nitrogens with one attached hydrogen (secondary N) is 2. The molecule has 0 aromatic heterocycles. The van der Waals surface area contributed by atoms with Gasteiger partial charge in [0, 0.05) is 0 Å². The smallest absolute Gasteiger partial charge is 0.316 e. The third-order valence-electron chi connectivity index (χ3n) is 2.88. The molecule has 5 heteroatoms. The molecule has 4 nitrogen and oxygen atoms in total. The van der Waals surface area contributed by atoms with Gasteiger partial charge in [-0.05, 0) is 29.8 Å². The average Bonchev–Trinajstić information content (AvgIpc) is 2.49. The van der Waals surface area contributed by atoms with Crippen LogP contribution >= 0.6 is 11.8 Å². The maximum Gasteiger partial charge on any atom is 0.316 e. The number of carbonyl (C=O) groups is 1. The van der Waals surface area contributed by atoms with Gasteiger partial charge in [-0.15, -0.1) is 11.8 Å². The van der Waals surface area contributed by atoms with E-state index in [2.05, 4.69) is 10.6 Å². The zero-order valence-electron chi connectivity index (χ0n) is 10.7. The Bertz CT molecular complexity index is 604. The number of rotatable bonds is 3. The van der Waals surface area contributed by atoms with Crippen LogP contribution in [-0.4, -0.2) is 11.9 Å². The number of urea groups is 1. The summed E-state index contributed by atoms with van der Waals surface area (Å²) < 4.78 is 5.80. The molecule has 1 unspecified atom stereocenters. The van der Waals surface area contributed by atoms with Crippen LogP contribution in [0.1, 0.15) is 10.9 Å². The van der Waals surface area contributed by atoms with Crippen molar-refractivity contribution in [3.05, 3.63) is 60.2 Å². The Morgan fingerprint density at radius 1 is 1.05 bits per heavy atom. The highest BCUT2D eigenvalue weighted by molar-refractivity contribution is 7.99. The van der Waals surface area contributed by atoms with E-state index in [1.165, 1.54) is 0 Å². The fourth-order valence-electron chi connectivity index (χ4n) is 1.95. The number of amides is 2. The minimum absolute atomic E-state index is 0.0388. The predicted molar refractivity (Wildman–Crippen MR) is 79.8 cm³/mol. The molecule has 0 spiro atoms. The molecule has 0 saturated carbocycles. The number of thioether (sulfide) groups is 1. The molecule has 1 saturated heterocycles. The summed E-state index contributed by atoms with van der Waals surface area (Å²) in [7, 11) is 0. The number of hydrogen-bond acceptors (Lipinski definition) is 3. The molecule has 3 rings (SSSR count). The van der Waals surface area contributed by atoms with Crippen LogP contribution in [0.3, 0.4) is 0 Å². The Kier molecular flexibility index (Phi) is 3.78. The van der Waals surface area contributed by atoms with Crippen molar-refractivity contribution in [2.75, 3.05) is 5.88 Å². The fraction of sp³-hybridized carbons (Fsp3) is 0.133. The summed E-state index contributed by atoms with van der Waals surface area (Å²) >= 11 is 1.64. The maximum absolute atomic E-state index is 11.4. The van der Waals surface area contributed by atoms with Crippen LogP contribution < -0.4 is 15.4 Å². The van der Waals surface area contributed by atoms with Gasteiger partial charge in [0.25, 0.3) is 0 Å². The monoisotopic (exact) mass is 286 g/mol. The zero-order valence-corrected chi connectivity index (χ0v) is 11.5. The first kappa shape index (κ1) is 12.9. The molecule has 0 aliphatic carbocycles. The first-order valence-corrected chi connectivity index (χ1v) is 7.35. The third kappa shape index (κ3) is 3.05. The van der Waals surface area contributed by atoms with E-state index in [9.17, 15) is 4.79 Å². The summed E-state index contributed by atoms with van der Waals surface area (Å²) in [5.74, 6) is 2.18. The van der Waals surface area contributed by atoms with Crippen LogP contribution in [0.25, 0.3) is 0 Å². The van der Waals surface area contributed by atoms with Crippen LogP contribution in [0.15, 0.2) is 54.6 Å². The normalized spacial score (nSPS) is 18.0. The van der Waals surface area contributed by atoms with Crippen molar-refractivity contribution < 1.29 is 9.53 Å². The number of hydrogen-bond donors (Lipinski definition) is 2. The fourth-order valence-corrected chi connectivity index (χ4v) is 2.86. The standard InChI is InChI=1S/C15H14N2O2S/c18-15-16-10-20-14(17-15)11-5-4-8-13(9-11)19-12-6-2-1-3-7-12/h1-9,14H,10H2,(H2,16,17,18). The van der Waals surface area contributed by atoms with Crippen molar-refractivity contribution >= 4 is 17.8 Å². The third-order valence-corrected chi connectivity index (χ3v) is 3.92. The van der Waals surface area contributed by atoms with Crippen molar-refractivity contribution in [2.45, 2.75) is 5.37 Å². The Morgan fingerprint density at radius 3 is 2.65 bits per heavy atom. The summed E-state index contributed by atoms with van der Waals surface area (Å²) in [4.78, 5) is 11.4. The summed E-state index contributed by atoms with van der Waals surface area (Å²) in [6, 6.07) is 17.3. The Balaban J connectivity index is 1.77. The highest BCUT2D eigenvalue weighted by Gasteiger charge is 2.19. The van der Waals surface area contributed by atoms with Gasteiger partial charge in [0.2, 0.25) is 0 Å². The highest BCUT2D eigenvalue weighted by Crippen LogP contribution is 2.31. The van der Waals surface area contributed by atoms with Crippen molar-refractivity contribution in [1.29, 1.82) is 0 Å². The molecule has 1 aliphatic heterocycles. The maximum atomic E-state index is 11.4. The minimum atomic E-state index is -0.136. The summed E-state index contributed by atoms with van der Waals surface area (Å²) in [5.41, 5.74) is 1.03. The predicted octanol–water partition coefficient (Wildman–Crippen LogP) is 3.48. The van der Waals surface area contributed by atoms with Crippen LogP contribution in [0.2, 0.25) is 0 Å². The Hall–Kier alpha value is -2.14. The van der Waals surface area contributed by atoms with E-state index < -0.39 is 0 Å². The van der Waals surface area contributed by atoms with E-state index in [1.807, 2.05) is 54.6 Å². The molecule has 102 valence electrons. The number of benzene rings is 2. The molecule has 20 heavy (non-hydrogen) atoms. The van der Waals surface area contributed by atoms with Gasteiger partial charge in [-0.25, -0.2) is 4.79 Å². The topological polar surface area (TPSA) is 50.4 Å². The molecule has 2 aromatic rings. The van der Waals surface area contributed by atoms with Gasteiger partial charge < -0.3 is 15.4 Å². The second-order valence-electron chi connectivity index (χ2n) is 4.33. The number of carbonyl (C=O) groups excluding carboxylic acids is 1. The lowest BCUT2D eigenvalue weighted by Gasteiger charge is -2.24. The van der Waals surface area contributed by atoms with Crippen molar-refractivity contribution in [1.82, 2.24) is 10.6 Å². The van der Waals surface area contributed by atoms with Gasteiger partial charge in [0.15, 0.2) is 0 Å². The van der Waals surface area contributed by atoms with Gasteiger partial charge in [-0.3, -0.25) is 0 Å². The quantitative estimate of drug-likeness (QED) is 0.908. The largest absolute Gasteiger partial charge is 0.457 e. The molecule has 2 aromatic carbocycles. The zero-order chi connectivity index (χ0) is 13.8. The SMILES string of the molecule is O=C1NCSC(c2cccc(Oc3ccccc3)c2)N1. The van der Waals surface area contributed by atoms with Gasteiger partial charge in [0.05, 0.1) is 5.88 Å². The van der Waals surface area contributed by atoms with Crippen molar-refractivity contribution in [3.63, 3.8) is 0 Å². The van der Waals surface area contributed by atoms with Gasteiger partial charge in [0.1, 0.15) is 16.9 Å². The lowest BCUT2D eigenvalue weighted by molar-refractivity contribution is 0.240. The van der Waals surface area contributed by atoms with Crippen LogP contribution in [0.5, 0.6) is 11.5 Å². The summed E-state index contributed by atoms with van der Waals surface area (Å²) in [6.45, 7) is 0. The van der Waals surface area contributed by atoms with Crippen LogP contribution in [-0.2, 0) is 0 Å². The first-order chi connectivity index (χ1) is 9.81. The summed E-state index contributed by atoms with van der Waals surface area (Å²) in [5, 5.41) is 5.56. The van der Waals surface area contributed by atoms with Gasteiger partial charge in [-0.2, -0.15) is 0 Å². The second kappa shape index (κ2) is 5.88. The van der Waals surface area contributed by atoms with E-state index >= 15 is 0 Å². The van der Waals surface area contributed by atoms with E-state index in [4.69, 9.17) is 4.74 Å². The number of para-hydroxylation sites is 1. The van der Waals surface area contributed by atoms with Crippen molar-refractivity contribution in [2.24, 2.45) is 0 Å². The molecular weight excluding hydrogens is 272 g/mol. The summed E-state index contributed by atoms with van der Waals surface area (Å²) in [6.07, 6.45) is 0. The molecule has 2 amide bonds. The molecule has 2 N–H and O–H groups in total. The van der Waals surface area contributed by atoms with Crippen molar-refractivity contribution in [3.8, 4) is 11.5 Å². The van der Waals surface area contributed by atoms with Gasteiger partial charge >= 0.3 is 6.03 Å². The van der Waals surface area contributed by atoms with E-state index in [1.54, 1.807) is 11.8 Å². The van der Waals surface area contributed by atoms with E-state index in [-0.39, 0.29) is 11.4 Å². The second-order valence-corrected chi connectivity index (χ2v) is 5.42. The molecule has 1 aliphatic rings. The molecule has 0 bridgehead atoms. The average molecular weight is 286 g/mol. The molecule has 1 atom stereocenters. The molecule has 1 heterocycles. The molecular formula is C15H14N2O2S. The molecule has 1 fully saturated rings. The lowest BCUT2D eigenvalue weighted by atomic mass is 10.2. The lowest BCUT2D eigenvalue weighted by Crippen LogP contribution is -2.41. The Labute approximate surface area is 121 Å².